The molecule has 0 saturated carbocycles. The quantitative estimate of drug-likeness (QED) is 0.429. The van der Waals surface area contributed by atoms with Gasteiger partial charge in [0.1, 0.15) is 18.4 Å². The van der Waals surface area contributed by atoms with E-state index in [0.717, 1.165) is 11.1 Å². The van der Waals surface area contributed by atoms with Crippen LogP contribution >= 0.6 is 45.2 Å². The van der Waals surface area contributed by atoms with Crippen molar-refractivity contribution in [3.63, 3.8) is 0 Å². The van der Waals surface area contributed by atoms with E-state index in [1.807, 2.05) is 82.4 Å². The number of halogens is 2. The molecular weight excluding hydrogens is 574 g/mol. The smallest absolute Gasteiger partial charge is 0.408 e. The summed E-state index contributed by atoms with van der Waals surface area (Å²) in [6.45, 7) is 2.40. The number of hydrogen-bond donors (Lipinski definition) is 3. The summed E-state index contributed by atoms with van der Waals surface area (Å²) in [5.41, 5.74) is 1.70. The summed E-state index contributed by atoms with van der Waals surface area (Å²) in [6.07, 6.45) is -0.364. The van der Waals surface area contributed by atoms with E-state index in [9.17, 15) is 14.7 Å². The van der Waals surface area contributed by atoms with Gasteiger partial charge in [0, 0.05) is 13.0 Å². The second kappa shape index (κ2) is 10.7. The van der Waals surface area contributed by atoms with Crippen molar-refractivity contribution >= 4 is 57.2 Å². The number of carbonyl (C=O) groups is 2. The molecule has 0 radical (unpaired) electrons. The van der Waals surface area contributed by atoms with Crippen LogP contribution in [0.2, 0.25) is 0 Å². The van der Waals surface area contributed by atoms with Gasteiger partial charge in [-0.05, 0) is 75.4 Å². The van der Waals surface area contributed by atoms with Crippen molar-refractivity contribution < 1.29 is 19.4 Å². The average Bonchev–Trinajstić information content (AvgIpc) is 2.65. The number of hydrogen-bond acceptors (Lipinski definition) is 4. The molecule has 2 amide bonds. The van der Waals surface area contributed by atoms with Crippen LogP contribution in [0.25, 0.3) is 0 Å². The Labute approximate surface area is 185 Å². The summed E-state index contributed by atoms with van der Waals surface area (Å²) in [4.78, 5) is 24.5. The monoisotopic (exact) mass is 594 g/mol. The topological polar surface area (TPSA) is 87.7 Å². The van der Waals surface area contributed by atoms with E-state index in [1.165, 1.54) is 0 Å². The van der Waals surface area contributed by atoms with Crippen LogP contribution in [0.1, 0.15) is 18.1 Å². The minimum atomic E-state index is -0.774. The van der Waals surface area contributed by atoms with Crippen molar-refractivity contribution in [1.29, 1.82) is 0 Å². The highest BCUT2D eigenvalue weighted by Crippen LogP contribution is 2.27. The highest BCUT2D eigenvalue weighted by atomic mass is 127. The number of ether oxygens (including phenoxy) is 1. The fourth-order valence-corrected chi connectivity index (χ4v) is 4.28. The van der Waals surface area contributed by atoms with Crippen molar-refractivity contribution in [2.24, 2.45) is 0 Å². The molecule has 0 fully saturated rings. The Kier molecular flexibility index (Phi) is 8.61. The van der Waals surface area contributed by atoms with Gasteiger partial charge in [0.05, 0.1) is 7.14 Å². The number of carbonyl (C=O) groups excluding carboxylic acids is 2. The Hall–Kier alpha value is -1.56. The third kappa shape index (κ3) is 6.83. The number of nitrogens with one attached hydrogen (secondary N) is 2. The molecule has 2 rings (SSSR count). The summed E-state index contributed by atoms with van der Waals surface area (Å²) in [7, 11) is 0. The zero-order chi connectivity index (χ0) is 19.8. The third-order valence-electron chi connectivity index (χ3n) is 3.69. The first-order valence-corrected chi connectivity index (χ1v) is 10.5. The highest BCUT2D eigenvalue weighted by molar-refractivity contribution is 14.1. The molecule has 144 valence electrons. The number of aromatic hydroxyl groups is 1. The average molecular weight is 594 g/mol. The molecular formula is C19H20I2N2O4. The summed E-state index contributed by atoms with van der Waals surface area (Å²) in [6, 6.07) is 12.1. The molecule has 0 aliphatic rings. The Morgan fingerprint density at radius 2 is 1.74 bits per heavy atom. The Bertz CT molecular complexity index is 777. The van der Waals surface area contributed by atoms with E-state index in [1.54, 1.807) is 12.1 Å². The maximum absolute atomic E-state index is 12.4. The molecule has 6 nitrogen and oxygen atoms in total. The van der Waals surface area contributed by atoms with Gasteiger partial charge < -0.3 is 20.5 Å². The lowest BCUT2D eigenvalue weighted by molar-refractivity contribution is -0.122. The van der Waals surface area contributed by atoms with Crippen molar-refractivity contribution in [3.8, 4) is 5.75 Å². The molecule has 0 saturated heterocycles. The number of amides is 2. The molecule has 8 heteroatoms. The molecule has 0 unspecified atom stereocenters. The molecule has 0 aliphatic heterocycles. The minimum absolute atomic E-state index is 0.129. The van der Waals surface area contributed by atoms with Crippen LogP contribution < -0.4 is 10.6 Å². The predicted molar refractivity (Wildman–Crippen MR) is 119 cm³/mol. The van der Waals surface area contributed by atoms with Crippen LogP contribution in [-0.4, -0.2) is 29.7 Å². The van der Waals surface area contributed by atoms with Gasteiger partial charge in [0.25, 0.3) is 0 Å². The van der Waals surface area contributed by atoms with Crippen LogP contribution in [0, 0.1) is 7.14 Å². The van der Waals surface area contributed by atoms with Gasteiger partial charge in [-0.25, -0.2) is 4.79 Å². The van der Waals surface area contributed by atoms with Gasteiger partial charge in [-0.2, -0.15) is 0 Å². The Morgan fingerprint density at radius 3 is 2.33 bits per heavy atom. The molecule has 3 N–H and O–H groups in total. The summed E-state index contributed by atoms with van der Waals surface area (Å²) in [5.74, 6) is -0.0722. The van der Waals surface area contributed by atoms with Crippen LogP contribution in [0.15, 0.2) is 42.5 Å². The molecule has 1 atom stereocenters. The van der Waals surface area contributed by atoms with E-state index in [-0.39, 0.29) is 18.3 Å². The second-order valence-electron chi connectivity index (χ2n) is 5.77. The largest absolute Gasteiger partial charge is 0.506 e. The Morgan fingerprint density at radius 1 is 1.11 bits per heavy atom. The summed E-state index contributed by atoms with van der Waals surface area (Å²) >= 11 is 4.07. The first-order valence-electron chi connectivity index (χ1n) is 8.32. The maximum Gasteiger partial charge on any atom is 0.408 e. The van der Waals surface area contributed by atoms with Crippen LogP contribution in [-0.2, 0) is 22.6 Å². The fraction of sp³-hybridized carbons (Fsp3) is 0.263. The molecule has 2 aromatic carbocycles. The lowest BCUT2D eigenvalue weighted by Crippen LogP contribution is -2.48. The van der Waals surface area contributed by atoms with E-state index >= 15 is 0 Å². The molecule has 0 aliphatic carbocycles. The predicted octanol–water partition coefficient (Wildman–Crippen LogP) is 3.58. The van der Waals surface area contributed by atoms with Gasteiger partial charge in [-0.1, -0.05) is 30.3 Å². The number of phenolic OH excluding ortho intramolecular Hbond substituents is 1. The molecule has 27 heavy (non-hydrogen) atoms. The first kappa shape index (κ1) is 21.7. The standard InChI is InChI=1S/C19H20I2N2O4/c1-2-22-18(25)16(10-13-8-14(20)17(24)15(21)9-13)23-19(26)27-11-12-6-4-3-5-7-12/h3-9,16,24H,2,10-11H2,1H3,(H,22,25)(H,23,26)/t16-/m1/s1. The van der Waals surface area contributed by atoms with Gasteiger partial charge in [-0.3, -0.25) is 4.79 Å². The number of likely N-dealkylation sites (N-methyl/N-ethyl adjacent to an activating group) is 1. The van der Waals surface area contributed by atoms with Crippen molar-refractivity contribution in [2.45, 2.75) is 26.0 Å². The zero-order valence-corrected chi connectivity index (χ0v) is 19.0. The van der Waals surface area contributed by atoms with Crippen molar-refractivity contribution in [2.75, 3.05) is 6.54 Å². The van der Waals surface area contributed by atoms with Gasteiger partial charge in [0.2, 0.25) is 5.91 Å². The van der Waals surface area contributed by atoms with E-state index in [2.05, 4.69) is 10.6 Å². The molecule has 0 heterocycles. The summed E-state index contributed by atoms with van der Waals surface area (Å²) < 4.78 is 6.60. The number of rotatable bonds is 7. The number of alkyl carbamates (subject to hydrolysis) is 1. The van der Waals surface area contributed by atoms with E-state index in [0.29, 0.717) is 20.1 Å². The minimum Gasteiger partial charge on any atom is -0.506 e. The fourth-order valence-electron chi connectivity index (χ4n) is 2.39. The van der Waals surface area contributed by atoms with Gasteiger partial charge in [-0.15, -0.1) is 0 Å². The van der Waals surface area contributed by atoms with Gasteiger partial charge >= 0.3 is 6.09 Å². The zero-order valence-electron chi connectivity index (χ0n) is 14.7. The van der Waals surface area contributed by atoms with E-state index < -0.39 is 12.1 Å². The molecule has 0 bridgehead atoms. The van der Waals surface area contributed by atoms with Crippen molar-refractivity contribution in [1.82, 2.24) is 10.6 Å². The molecule has 0 aromatic heterocycles. The van der Waals surface area contributed by atoms with E-state index in [4.69, 9.17) is 4.74 Å². The maximum atomic E-state index is 12.4. The van der Waals surface area contributed by atoms with Crippen LogP contribution in [0.3, 0.4) is 0 Å². The van der Waals surface area contributed by atoms with Gasteiger partial charge in [0.15, 0.2) is 0 Å². The lowest BCUT2D eigenvalue weighted by Gasteiger charge is -2.18. The SMILES string of the molecule is CCNC(=O)[C@@H](Cc1cc(I)c(O)c(I)c1)NC(=O)OCc1ccccc1. The number of phenols is 1. The normalized spacial score (nSPS) is 11.5. The summed E-state index contributed by atoms with van der Waals surface area (Å²) in [5, 5.41) is 15.3. The highest BCUT2D eigenvalue weighted by Gasteiger charge is 2.22. The Balaban J connectivity index is 2.05. The molecule has 0 spiro atoms. The van der Waals surface area contributed by atoms with Crippen LogP contribution in [0.4, 0.5) is 4.79 Å². The third-order valence-corrected chi connectivity index (χ3v) is 5.33. The first-order chi connectivity index (χ1) is 12.9. The van der Waals surface area contributed by atoms with Crippen LogP contribution in [0.5, 0.6) is 5.75 Å². The lowest BCUT2D eigenvalue weighted by atomic mass is 10.1. The number of benzene rings is 2. The van der Waals surface area contributed by atoms with Crippen molar-refractivity contribution in [3.05, 3.63) is 60.7 Å². The second-order valence-corrected chi connectivity index (χ2v) is 8.09. The molecule has 2 aromatic rings.